The Hall–Kier alpha value is -0.150. The van der Waals surface area contributed by atoms with Crippen LogP contribution in [0.1, 0.15) is 38.5 Å². The van der Waals surface area contributed by atoms with Crippen LogP contribution in [-0.4, -0.2) is 31.5 Å². The van der Waals surface area contributed by atoms with Gasteiger partial charge in [0.1, 0.15) is 6.67 Å². The normalized spacial score (nSPS) is 37.9. The van der Waals surface area contributed by atoms with Crippen LogP contribution in [0, 0.1) is 0 Å². The van der Waals surface area contributed by atoms with Crippen LogP contribution in [0.5, 0.6) is 0 Å². The van der Waals surface area contributed by atoms with Crippen LogP contribution in [0.3, 0.4) is 0 Å². The molecule has 1 heterocycles. The first-order valence-electron chi connectivity index (χ1n) is 5.78. The number of alkyl halides is 1. The van der Waals surface area contributed by atoms with Gasteiger partial charge in [-0.3, -0.25) is 0 Å². The molecule has 0 aromatic heterocycles. The predicted octanol–water partition coefficient (Wildman–Crippen LogP) is 2.04. The first kappa shape index (κ1) is 10.4. The second-order valence-electron chi connectivity index (χ2n) is 4.55. The molecular formula is C11H20FNO. The lowest BCUT2D eigenvalue weighted by atomic mass is 9.80. The molecule has 1 aliphatic carbocycles. The van der Waals surface area contributed by atoms with E-state index in [4.69, 9.17) is 4.74 Å². The Bertz CT molecular complexity index is 170. The molecular weight excluding hydrogens is 181 g/mol. The highest BCUT2D eigenvalue weighted by atomic mass is 19.1. The number of rotatable bonds is 3. The van der Waals surface area contributed by atoms with Gasteiger partial charge in [0.15, 0.2) is 0 Å². The lowest BCUT2D eigenvalue weighted by molar-refractivity contribution is -0.0301. The highest BCUT2D eigenvalue weighted by Crippen LogP contribution is 2.39. The lowest BCUT2D eigenvalue weighted by Gasteiger charge is -2.36. The zero-order valence-electron chi connectivity index (χ0n) is 8.73. The lowest BCUT2D eigenvalue weighted by Crippen LogP contribution is -2.41. The van der Waals surface area contributed by atoms with E-state index in [0.717, 1.165) is 32.3 Å². The highest BCUT2D eigenvalue weighted by molar-refractivity contribution is 4.92. The molecule has 82 valence electrons. The molecule has 2 nitrogen and oxygen atoms in total. The second kappa shape index (κ2) is 4.58. The summed E-state index contributed by atoms with van der Waals surface area (Å²) in [5, 5.41) is 3.25. The molecule has 0 aromatic rings. The SMILES string of the molecule is FCCNC1CCC2(CCCO2)CC1. The molecule has 1 N–H and O–H groups in total. The summed E-state index contributed by atoms with van der Waals surface area (Å²) in [5.74, 6) is 0. The van der Waals surface area contributed by atoms with E-state index in [0.29, 0.717) is 12.6 Å². The van der Waals surface area contributed by atoms with Gasteiger partial charge in [0.2, 0.25) is 0 Å². The summed E-state index contributed by atoms with van der Waals surface area (Å²) >= 11 is 0. The molecule has 2 fully saturated rings. The van der Waals surface area contributed by atoms with Crippen molar-refractivity contribution in [1.29, 1.82) is 0 Å². The van der Waals surface area contributed by atoms with Crippen LogP contribution in [-0.2, 0) is 4.74 Å². The van der Waals surface area contributed by atoms with Gasteiger partial charge in [0.25, 0.3) is 0 Å². The molecule has 0 amide bonds. The maximum Gasteiger partial charge on any atom is 0.102 e. The van der Waals surface area contributed by atoms with Crippen molar-refractivity contribution in [3.63, 3.8) is 0 Å². The van der Waals surface area contributed by atoms with Gasteiger partial charge < -0.3 is 10.1 Å². The van der Waals surface area contributed by atoms with E-state index < -0.39 is 0 Å². The average Bonchev–Trinajstić information content (AvgIpc) is 2.66. The van der Waals surface area contributed by atoms with Crippen LogP contribution < -0.4 is 5.32 Å². The van der Waals surface area contributed by atoms with E-state index in [1.165, 1.54) is 12.8 Å². The van der Waals surface area contributed by atoms with Gasteiger partial charge >= 0.3 is 0 Å². The Morgan fingerprint density at radius 1 is 1.29 bits per heavy atom. The molecule has 0 atom stereocenters. The van der Waals surface area contributed by atoms with Gasteiger partial charge in [-0.1, -0.05) is 0 Å². The van der Waals surface area contributed by atoms with Gasteiger partial charge in [-0.25, -0.2) is 4.39 Å². The predicted molar refractivity (Wildman–Crippen MR) is 54.2 cm³/mol. The fourth-order valence-corrected chi connectivity index (χ4v) is 2.76. The third kappa shape index (κ3) is 2.26. The minimum Gasteiger partial charge on any atom is -0.375 e. The van der Waals surface area contributed by atoms with Crippen molar-refractivity contribution in [2.24, 2.45) is 0 Å². The molecule has 0 bridgehead atoms. The Balaban J connectivity index is 1.74. The van der Waals surface area contributed by atoms with Crippen molar-refractivity contribution in [1.82, 2.24) is 5.32 Å². The number of hydrogen-bond donors (Lipinski definition) is 1. The van der Waals surface area contributed by atoms with Gasteiger partial charge in [0.05, 0.1) is 5.60 Å². The summed E-state index contributed by atoms with van der Waals surface area (Å²) in [6.07, 6.45) is 7.10. The van der Waals surface area contributed by atoms with Crippen molar-refractivity contribution in [3.8, 4) is 0 Å². The van der Waals surface area contributed by atoms with Gasteiger partial charge in [-0.05, 0) is 38.5 Å². The summed E-state index contributed by atoms with van der Waals surface area (Å²) < 4.78 is 17.8. The van der Waals surface area contributed by atoms with E-state index in [-0.39, 0.29) is 12.3 Å². The Labute approximate surface area is 85.2 Å². The molecule has 1 aliphatic heterocycles. The quantitative estimate of drug-likeness (QED) is 0.754. The molecule has 3 heteroatoms. The largest absolute Gasteiger partial charge is 0.375 e. The highest BCUT2D eigenvalue weighted by Gasteiger charge is 2.38. The van der Waals surface area contributed by atoms with Crippen LogP contribution in [0.15, 0.2) is 0 Å². The maximum atomic E-state index is 12.0. The first-order chi connectivity index (χ1) is 6.85. The van der Waals surface area contributed by atoms with Crippen molar-refractivity contribution in [2.75, 3.05) is 19.8 Å². The third-order valence-corrected chi connectivity index (χ3v) is 3.61. The second-order valence-corrected chi connectivity index (χ2v) is 4.55. The van der Waals surface area contributed by atoms with Crippen molar-refractivity contribution in [2.45, 2.75) is 50.2 Å². The van der Waals surface area contributed by atoms with E-state index >= 15 is 0 Å². The van der Waals surface area contributed by atoms with Crippen LogP contribution in [0.25, 0.3) is 0 Å². The number of halogens is 1. The Morgan fingerprint density at radius 2 is 2.07 bits per heavy atom. The minimum atomic E-state index is -0.252. The molecule has 2 aliphatic rings. The topological polar surface area (TPSA) is 21.3 Å². The number of hydrogen-bond acceptors (Lipinski definition) is 2. The van der Waals surface area contributed by atoms with E-state index in [2.05, 4.69) is 5.32 Å². The van der Waals surface area contributed by atoms with Crippen LogP contribution >= 0.6 is 0 Å². The third-order valence-electron chi connectivity index (χ3n) is 3.61. The summed E-state index contributed by atoms with van der Waals surface area (Å²) in [4.78, 5) is 0. The molecule has 0 aromatic carbocycles. The van der Waals surface area contributed by atoms with Gasteiger partial charge in [-0.2, -0.15) is 0 Å². The summed E-state index contributed by atoms with van der Waals surface area (Å²) in [6.45, 7) is 1.21. The monoisotopic (exact) mass is 201 g/mol. The van der Waals surface area contributed by atoms with Gasteiger partial charge in [-0.15, -0.1) is 0 Å². The van der Waals surface area contributed by atoms with E-state index in [9.17, 15) is 4.39 Å². The minimum absolute atomic E-state index is 0.216. The molecule has 1 spiro atoms. The van der Waals surface area contributed by atoms with E-state index in [1.54, 1.807) is 0 Å². The summed E-state index contributed by atoms with van der Waals surface area (Å²) in [7, 11) is 0. The number of ether oxygens (including phenoxy) is 1. The summed E-state index contributed by atoms with van der Waals surface area (Å²) in [6, 6.07) is 0.528. The molecule has 1 saturated heterocycles. The van der Waals surface area contributed by atoms with Crippen LogP contribution in [0.2, 0.25) is 0 Å². The van der Waals surface area contributed by atoms with E-state index in [1.807, 2.05) is 0 Å². The smallest absolute Gasteiger partial charge is 0.102 e. The standard InChI is InChI=1S/C11H20FNO/c12-7-8-13-10-2-5-11(6-3-10)4-1-9-14-11/h10,13H,1-9H2. The zero-order valence-corrected chi connectivity index (χ0v) is 8.73. The fourth-order valence-electron chi connectivity index (χ4n) is 2.76. The van der Waals surface area contributed by atoms with Crippen molar-refractivity contribution >= 4 is 0 Å². The average molecular weight is 201 g/mol. The Morgan fingerprint density at radius 3 is 2.64 bits per heavy atom. The summed E-state index contributed by atoms with van der Waals surface area (Å²) in [5.41, 5.74) is 0.216. The first-order valence-corrected chi connectivity index (χ1v) is 5.78. The molecule has 14 heavy (non-hydrogen) atoms. The van der Waals surface area contributed by atoms with Crippen molar-refractivity contribution in [3.05, 3.63) is 0 Å². The molecule has 0 unspecified atom stereocenters. The molecule has 2 rings (SSSR count). The maximum absolute atomic E-state index is 12.0. The molecule has 1 saturated carbocycles. The van der Waals surface area contributed by atoms with Crippen LogP contribution in [0.4, 0.5) is 4.39 Å². The Kier molecular flexibility index (Phi) is 3.39. The van der Waals surface area contributed by atoms with Gasteiger partial charge in [0, 0.05) is 19.2 Å². The fraction of sp³-hybridized carbons (Fsp3) is 1.00. The molecule has 0 radical (unpaired) electrons. The van der Waals surface area contributed by atoms with Crippen molar-refractivity contribution < 1.29 is 9.13 Å². The number of nitrogens with one attached hydrogen (secondary N) is 1. The zero-order chi connectivity index (χ0) is 9.86.